The van der Waals surface area contributed by atoms with Gasteiger partial charge in [0.15, 0.2) is 0 Å². The van der Waals surface area contributed by atoms with Gasteiger partial charge < -0.3 is 14.5 Å². The van der Waals surface area contributed by atoms with E-state index in [-0.39, 0.29) is 23.3 Å². The number of nitrogens with zero attached hydrogens (tertiary/aromatic N) is 2. The number of hydrogen-bond acceptors (Lipinski definition) is 6. The van der Waals surface area contributed by atoms with Crippen molar-refractivity contribution in [3.63, 3.8) is 0 Å². The van der Waals surface area contributed by atoms with Crippen molar-refractivity contribution >= 4 is 21.6 Å². The van der Waals surface area contributed by atoms with Crippen molar-refractivity contribution in [3.8, 4) is 17.2 Å². The van der Waals surface area contributed by atoms with Crippen molar-refractivity contribution < 1.29 is 22.4 Å². The van der Waals surface area contributed by atoms with Crippen LogP contribution in [0.1, 0.15) is 44.6 Å². The van der Waals surface area contributed by atoms with Gasteiger partial charge in [0, 0.05) is 18.7 Å². The number of piperidine rings is 1. The van der Waals surface area contributed by atoms with Gasteiger partial charge in [-0.25, -0.2) is 13.4 Å². The minimum atomic E-state index is -3.66. The van der Waals surface area contributed by atoms with Crippen LogP contribution in [0.15, 0.2) is 57.8 Å². The van der Waals surface area contributed by atoms with Crippen LogP contribution in [0.4, 0.5) is 5.69 Å². The first-order chi connectivity index (χ1) is 16.7. The molecule has 35 heavy (non-hydrogen) atoms. The molecule has 1 fully saturated rings. The van der Waals surface area contributed by atoms with Crippen LogP contribution in [-0.2, 0) is 21.2 Å². The Bertz CT molecular complexity index is 1280. The van der Waals surface area contributed by atoms with E-state index in [4.69, 9.17) is 9.15 Å². The van der Waals surface area contributed by atoms with Crippen molar-refractivity contribution in [1.82, 2.24) is 9.29 Å². The molecule has 0 radical (unpaired) electrons. The number of anilines is 1. The molecular weight excluding hydrogens is 466 g/mol. The van der Waals surface area contributed by atoms with Gasteiger partial charge in [0.2, 0.25) is 21.8 Å². The molecule has 1 amide bonds. The Kier molecular flexibility index (Phi) is 7.57. The molecule has 2 aromatic carbocycles. The Morgan fingerprint density at radius 2 is 1.83 bits per heavy atom. The van der Waals surface area contributed by atoms with Crippen molar-refractivity contribution in [3.05, 3.63) is 60.0 Å². The molecule has 0 unspecified atom stereocenters. The standard InChI is InChI=1S/C26H31N3O5S/c1-18(2)33-24-13-12-21(35(31,32)29-14-8-5-9-15-29)16-23(24)27-25(30)17-22-19(3)34-26(28-22)20-10-6-4-7-11-20/h4,6-7,10-13,16,18H,5,8-9,14-15,17H2,1-3H3,(H,27,30). The van der Waals surface area contributed by atoms with E-state index in [2.05, 4.69) is 10.3 Å². The summed E-state index contributed by atoms with van der Waals surface area (Å²) < 4.78 is 39.5. The summed E-state index contributed by atoms with van der Waals surface area (Å²) in [5.74, 6) is 1.07. The lowest BCUT2D eigenvalue weighted by Gasteiger charge is -2.26. The second kappa shape index (κ2) is 10.6. The van der Waals surface area contributed by atoms with Gasteiger partial charge in [0.05, 0.1) is 28.8 Å². The lowest BCUT2D eigenvalue weighted by molar-refractivity contribution is -0.115. The van der Waals surface area contributed by atoms with Crippen LogP contribution in [0, 0.1) is 6.92 Å². The maximum Gasteiger partial charge on any atom is 0.243 e. The lowest BCUT2D eigenvalue weighted by atomic mass is 10.2. The van der Waals surface area contributed by atoms with Gasteiger partial charge in [-0.15, -0.1) is 0 Å². The number of oxazole rings is 1. The first kappa shape index (κ1) is 24.9. The smallest absolute Gasteiger partial charge is 0.243 e. The normalized spacial score (nSPS) is 14.7. The van der Waals surface area contributed by atoms with Crippen molar-refractivity contribution in [2.45, 2.75) is 57.5 Å². The first-order valence-corrected chi connectivity index (χ1v) is 13.3. The molecule has 186 valence electrons. The van der Waals surface area contributed by atoms with Crippen LogP contribution >= 0.6 is 0 Å². The third kappa shape index (κ3) is 5.91. The fourth-order valence-corrected chi connectivity index (χ4v) is 5.56. The zero-order valence-electron chi connectivity index (χ0n) is 20.3. The molecule has 0 bridgehead atoms. The molecule has 4 rings (SSSR count). The number of ether oxygens (including phenoxy) is 1. The molecular formula is C26H31N3O5S. The summed E-state index contributed by atoms with van der Waals surface area (Å²) in [4.78, 5) is 17.6. The van der Waals surface area contributed by atoms with Crippen LogP contribution < -0.4 is 10.1 Å². The van der Waals surface area contributed by atoms with E-state index in [1.165, 1.54) is 16.4 Å². The van der Waals surface area contributed by atoms with Gasteiger partial charge >= 0.3 is 0 Å². The van der Waals surface area contributed by atoms with Crippen LogP contribution in [0.2, 0.25) is 0 Å². The third-order valence-electron chi connectivity index (χ3n) is 5.78. The third-order valence-corrected chi connectivity index (χ3v) is 7.68. The molecule has 3 aromatic rings. The van der Waals surface area contributed by atoms with E-state index in [0.717, 1.165) is 24.8 Å². The van der Waals surface area contributed by atoms with Crippen LogP contribution in [-0.4, -0.2) is 42.8 Å². The SMILES string of the molecule is Cc1oc(-c2ccccc2)nc1CC(=O)Nc1cc(S(=O)(=O)N2CCCCC2)ccc1OC(C)C. The molecule has 2 heterocycles. The monoisotopic (exact) mass is 497 g/mol. The lowest BCUT2D eigenvalue weighted by Crippen LogP contribution is -2.35. The second-order valence-corrected chi connectivity index (χ2v) is 10.8. The summed E-state index contributed by atoms with van der Waals surface area (Å²) >= 11 is 0. The van der Waals surface area contributed by atoms with E-state index >= 15 is 0 Å². The number of amides is 1. The fraction of sp³-hybridized carbons (Fsp3) is 0.385. The molecule has 9 heteroatoms. The maximum absolute atomic E-state index is 13.2. The number of carbonyl (C=O) groups is 1. The van der Waals surface area contributed by atoms with Gasteiger partial charge in [0.25, 0.3) is 0 Å². The number of nitrogens with one attached hydrogen (secondary N) is 1. The number of carbonyl (C=O) groups excluding carboxylic acids is 1. The molecule has 0 spiro atoms. The molecule has 1 aliphatic rings. The zero-order chi connectivity index (χ0) is 25.0. The molecule has 0 aliphatic carbocycles. The average molecular weight is 498 g/mol. The van der Waals surface area contributed by atoms with Gasteiger partial charge in [-0.3, -0.25) is 4.79 Å². The Labute approximate surface area is 206 Å². The molecule has 0 saturated carbocycles. The molecule has 1 N–H and O–H groups in total. The summed E-state index contributed by atoms with van der Waals surface area (Å²) in [6.07, 6.45) is 2.55. The summed E-state index contributed by atoms with van der Waals surface area (Å²) in [5, 5.41) is 2.83. The predicted molar refractivity (Wildman–Crippen MR) is 134 cm³/mol. The van der Waals surface area contributed by atoms with Crippen LogP contribution in [0.5, 0.6) is 5.75 Å². The van der Waals surface area contributed by atoms with Crippen molar-refractivity contribution in [2.75, 3.05) is 18.4 Å². The number of aryl methyl sites for hydroxylation is 1. The predicted octanol–water partition coefficient (Wildman–Crippen LogP) is 4.79. The number of benzene rings is 2. The Morgan fingerprint density at radius 1 is 1.11 bits per heavy atom. The highest BCUT2D eigenvalue weighted by Crippen LogP contribution is 2.31. The van der Waals surface area contributed by atoms with E-state index in [0.29, 0.717) is 41.9 Å². The highest BCUT2D eigenvalue weighted by molar-refractivity contribution is 7.89. The second-order valence-electron chi connectivity index (χ2n) is 8.90. The largest absolute Gasteiger partial charge is 0.489 e. The summed E-state index contributed by atoms with van der Waals surface area (Å²) in [7, 11) is -3.66. The number of sulfonamides is 1. The number of rotatable bonds is 8. The highest BCUT2D eigenvalue weighted by Gasteiger charge is 2.27. The molecule has 8 nitrogen and oxygen atoms in total. The molecule has 1 saturated heterocycles. The number of hydrogen-bond donors (Lipinski definition) is 1. The van der Waals surface area contributed by atoms with Gasteiger partial charge in [-0.05, 0) is 63.9 Å². The quantitative estimate of drug-likeness (QED) is 0.480. The molecule has 1 aromatic heterocycles. The van der Waals surface area contributed by atoms with E-state index in [1.807, 2.05) is 44.2 Å². The van der Waals surface area contributed by atoms with Crippen LogP contribution in [0.25, 0.3) is 11.5 Å². The molecule has 0 atom stereocenters. The Morgan fingerprint density at radius 3 is 2.51 bits per heavy atom. The van der Waals surface area contributed by atoms with Crippen LogP contribution in [0.3, 0.4) is 0 Å². The van der Waals surface area contributed by atoms with E-state index in [1.54, 1.807) is 13.0 Å². The first-order valence-electron chi connectivity index (χ1n) is 11.9. The Hall–Kier alpha value is -3.17. The van der Waals surface area contributed by atoms with Gasteiger partial charge in [0.1, 0.15) is 11.5 Å². The summed E-state index contributed by atoms with van der Waals surface area (Å²) in [6.45, 7) is 6.51. The Balaban J connectivity index is 1.57. The van der Waals surface area contributed by atoms with Crippen molar-refractivity contribution in [2.24, 2.45) is 0 Å². The average Bonchev–Trinajstić information content (AvgIpc) is 3.21. The topological polar surface area (TPSA) is 102 Å². The van der Waals surface area contributed by atoms with E-state index < -0.39 is 10.0 Å². The van der Waals surface area contributed by atoms with Crippen molar-refractivity contribution in [1.29, 1.82) is 0 Å². The van der Waals surface area contributed by atoms with Gasteiger partial charge in [-0.2, -0.15) is 4.31 Å². The minimum Gasteiger partial charge on any atom is -0.489 e. The highest BCUT2D eigenvalue weighted by atomic mass is 32.2. The summed E-state index contributed by atoms with van der Waals surface area (Å²) in [5.41, 5.74) is 1.65. The molecule has 1 aliphatic heterocycles. The van der Waals surface area contributed by atoms with E-state index in [9.17, 15) is 13.2 Å². The zero-order valence-corrected chi connectivity index (χ0v) is 21.1. The van der Waals surface area contributed by atoms with Gasteiger partial charge in [-0.1, -0.05) is 24.6 Å². The summed E-state index contributed by atoms with van der Waals surface area (Å²) in [6, 6.07) is 14.1. The fourth-order valence-electron chi connectivity index (χ4n) is 4.02. The number of aromatic nitrogens is 1. The maximum atomic E-state index is 13.2. The minimum absolute atomic E-state index is 0.0214.